The molecule has 0 bridgehead atoms. The Balaban J connectivity index is 0.00000264. The minimum atomic E-state index is -3.57. The molecule has 1 aliphatic rings. The summed E-state index contributed by atoms with van der Waals surface area (Å²) in [5, 5.41) is 9.41. The Hall–Kier alpha value is 0.213. The van der Waals surface area contributed by atoms with Crippen LogP contribution in [0.15, 0.2) is 29.8 Å². The molecule has 0 aromatic heterocycles. The molecule has 0 radical (unpaired) electrons. The number of halogens is 2. The zero-order valence-electron chi connectivity index (χ0n) is 15.6. The van der Waals surface area contributed by atoms with E-state index in [1.807, 2.05) is 0 Å². The molecule has 1 unspecified atom stereocenters. The molecule has 0 amide bonds. The van der Waals surface area contributed by atoms with Crippen molar-refractivity contribution in [3.8, 4) is 0 Å². The second-order valence-corrected chi connectivity index (χ2v) is 23.6. The van der Waals surface area contributed by atoms with Gasteiger partial charge in [-0.1, -0.05) is 0 Å². The van der Waals surface area contributed by atoms with Gasteiger partial charge >= 0.3 is 137 Å². The van der Waals surface area contributed by atoms with Crippen molar-refractivity contribution in [2.45, 2.75) is 52.0 Å². The first-order valence-electron chi connectivity index (χ1n) is 8.29. The number of benzene rings is 1. The number of hydrogen-bond acceptors (Lipinski definition) is 2. The van der Waals surface area contributed by atoms with E-state index in [0.29, 0.717) is 3.63 Å². The third-order valence-corrected chi connectivity index (χ3v) is 18.8. The fourth-order valence-electron chi connectivity index (χ4n) is 4.57. The molecule has 2 N–H and O–H groups in total. The van der Waals surface area contributed by atoms with E-state index >= 15 is 0 Å². The van der Waals surface area contributed by atoms with E-state index in [9.17, 15) is 5.11 Å². The van der Waals surface area contributed by atoms with Gasteiger partial charge in [-0.05, 0) is 0 Å². The maximum atomic E-state index is 9.41. The normalized spacial score (nSPS) is 17.5. The monoisotopic (exact) mass is 451 g/mol. The first-order chi connectivity index (χ1) is 10.1. The Bertz CT molecular complexity index is 664. The van der Waals surface area contributed by atoms with E-state index in [2.05, 4.69) is 65.9 Å². The molecule has 138 valence electrons. The molecule has 1 aromatic rings. The van der Waals surface area contributed by atoms with Crippen LogP contribution in [0.25, 0.3) is 6.08 Å². The fraction of sp³-hybridized carbons (Fsp3) is 0.526. The summed E-state index contributed by atoms with van der Waals surface area (Å²) in [7, 11) is 0. The first-order valence-corrected chi connectivity index (χ1v) is 16.9. The summed E-state index contributed by atoms with van der Waals surface area (Å²) in [6.07, 6.45) is 3.16. The van der Waals surface area contributed by atoms with Gasteiger partial charge in [0, 0.05) is 0 Å². The van der Waals surface area contributed by atoms with E-state index in [1.54, 1.807) is 0 Å². The van der Waals surface area contributed by atoms with Crippen molar-refractivity contribution >= 4 is 35.1 Å². The average Bonchev–Trinajstić information content (AvgIpc) is 2.71. The molecule has 1 aromatic carbocycles. The maximum absolute atomic E-state index is 9.41. The second-order valence-electron chi connectivity index (χ2n) is 8.55. The molecule has 0 saturated carbocycles. The van der Waals surface area contributed by atoms with Crippen LogP contribution >= 0.6 is 24.8 Å². The predicted molar refractivity (Wildman–Crippen MR) is 110 cm³/mol. The minimum absolute atomic E-state index is 0. The van der Waals surface area contributed by atoms with Gasteiger partial charge in [0.25, 0.3) is 0 Å². The molecule has 24 heavy (non-hydrogen) atoms. The molecule has 2 rings (SSSR count). The zero-order chi connectivity index (χ0) is 16.6. The van der Waals surface area contributed by atoms with Crippen molar-refractivity contribution in [2.75, 3.05) is 6.61 Å². The summed E-state index contributed by atoms with van der Waals surface area (Å²) in [5.74, 6) is 0. The van der Waals surface area contributed by atoms with E-state index in [1.165, 1.54) is 16.7 Å². The van der Waals surface area contributed by atoms with Gasteiger partial charge in [0.2, 0.25) is 0 Å². The van der Waals surface area contributed by atoms with Crippen molar-refractivity contribution in [1.29, 1.82) is 0 Å². The topological polar surface area (TPSA) is 32.3 Å². The van der Waals surface area contributed by atoms with E-state index in [-0.39, 0.29) is 37.0 Å². The zero-order valence-corrected chi connectivity index (χ0v) is 19.6. The Kier molecular flexibility index (Phi) is 8.34. The van der Waals surface area contributed by atoms with Gasteiger partial charge < -0.3 is 0 Å². The molecule has 0 aliphatic heterocycles. The summed E-state index contributed by atoms with van der Waals surface area (Å²) >= 11 is -3.57. The van der Waals surface area contributed by atoms with Crippen molar-refractivity contribution in [1.82, 2.24) is 3.26 Å². The van der Waals surface area contributed by atoms with Gasteiger partial charge in [0.1, 0.15) is 0 Å². The Labute approximate surface area is 161 Å². The predicted octanol–water partition coefficient (Wildman–Crippen LogP) is 5.26. The molecule has 0 spiro atoms. The van der Waals surface area contributed by atoms with Crippen LogP contribution in [-0.4, -0.2) is 21.5 Å². The van der Waals surface area contributed by atoms with Crippen LogP contribution in [0, 0.1) is 0 Å². The standard InChI is InChI=1S/C10H9.C4H10N.C3H7O.CH3.CH2.2ClH.Zr/c1-8-6-9-4-2-3-5-10(9)7-8;1-4(2,3)5;1-2-3-4;;;;;/h2-7H,1H3;5H,1-3H3;4H,1-3H2;1H3;1H2;2*1H;/q;-1;;;;;;+1. The summed E-state index contributed by atoms with van der Waals surface area (Å²) in [4.78, 5) is 0. The van der Waals surface area contributed by atoms with Gasteiger partial charge in [-0.25, -0.2) is 0 Å². The number of fused-ring (bicyclic) bond motifs is 1. The quantitative estimate of drug-likeness (QED) is 0.637. The fourth-order valence-corrected chi connectivity index (χ4v) is 20.6. The molecular formula is C19H33Cl2NOZr. The molecule has 0 fully saturated rings. The van der Waals surface area contributed by atoms with Crippen molar-refractivity contribution < 1.29 is 23.7 Å². The molecule has 1 aliphatic carbocycles. The SMILES string of the molecule is Cl.Cl.[CH2]=[Zr]([CH3])([CH2]CCO)([NH]C(C)(C)C)[CH]1C(C)=Cc2ccccc21. The van der Waals surface area contributed by atoms with Gasteiger partial charge in [0.15, 0.2) is 0 Å². The summed E-state index contributed by atoms with van der Waals surface area (Å²) in [5.41, 5.74) is 4.24. The molecule has 0 heterocycles. The van der Waals surface area contributed by atoms with Gasteiger partial charge in [-0.2, -0.15) is 0 Å². The van der Waals surface area contributed by atoms with Crippen molar-refractivity contribution in [3.05, 3.63) is 41.0 Å². The van der Waals surface area contributed by atoms with Gasteiger partial charge in [-0.3, -0.25) is 0 Å². The Morgan fingerprint density at radius 2 is 1.79 bits per heavy atom. The Morgan fingerprint density at radius 1 is 1.21 bits per heavy atom. The number of nitrogens with one attached hydrogen (secondary N) is 1. The number of rotatable bonds is 5. The molecular weight excluding hydrogens is 420 g/mol. The number of aliphatic hydroxyl groups excluding tert-OH is 1. The van der Waals surface area contributed by atoms with Crippen LogP contribution < -0.4 is 3.26 Å². The first kappa shape index (κ1) is 24.2. The van der Waals surface area contributed by atoms with Crippen LogP contribution in [0.5, 0.6) is 0 Å². The molecule has 1 atom stereocenters. The van der Waals surface area contributed by atoms with E-state index < -0.39 is 18.6 Å². The Morgan fingerprint density at radius 3 is 2.33 bits per heavy atom. The number of allylic oxidation sites excluding steroid dienone is 1. The average molecular weight is 454 g/mol. The third-order valence-electron chi connectivity index (χ3n) is 4.77. The van der Waals surface area contributed by atoms with E-state index in [4.69, 9.17) is 4.21 Å². The van der Waals surface area contributed by atoms with Crippen LogP contribution in [0.2, 0.25) is 8.76 Å². The molecule has 0 saturated heterocycles. The van der Waals surface area contributed by atoms with E-state index in [0.717, 1.165) is 10.5 Å². The molecule has 5 heteroatoms. The summed E-state index contributed by atoms with van der Waals surface area (Å²) < 4.78 is 12.8. The second kappa shape index (κ2) is 8.27. The van der Waals surface area contributed by atoms with Crippen LogP contribution in [0.3, 0.4) is 0 Å². The van der Waals surface area contributed by atoms with Gasteiger partial charge in [0.05, 0.1) is 0 Å². The number of hydrogen-bond donors (Lipinski definition) is 2. The number of aliphatic hydroxyl groups is 1. The summed E-state index contributed by atoms with van der Waals surface area (Å²) in [6.45, 7) is 9.18. The van der Waals surface area contributed by atoms with Crippen LogP contribution in [-0.2, 0) is 18.6 Å². The third kappa shape index (κ3) is 5.11. The van der Waals surface area contributed by atoms with Crippen molar-refractivity contribution in [3.63, 3.8) is 0 Å². The van der Waals surface area contributed by atoms with Gasteiger partial charge in [-0.15, -0.1) is 24.8 Å². The van der Waals surface area contributed by atoms with Crippen LogP contribution in [0.4, 0.5) is 0 Å². The van der Waals surface area contributed by atoms with Crippen molar-refractivity contribution in [2.24, 2.45) is 0 Å². The van der Waals surface area contributed by atoms with Crippen LogP contribution in [0.1, 0.15) is 48.9 Å². The summed E-state index contributed by atoms with van der Waals surface area (Å²) in [6, 6.07) is 8.71. The molecule has 2 nitrogen and oxygen atoms in total.